The maximum absolute atomic E-state index is 14.0. The Morgan fingerprint density at radius 3 is 2.43 bits per heavy atom. The van der Waals surface area contributed by atoms with E-state index in [1.54, 1.807) is 16.4 Å². The molecule has 0 spiro atoms. The molecule has 10 heteroatoms. The van der Waals surface area contributed by atoms with Gasteiger partial charge in [-0.2, -0.15) is 4.98 Å². The Hall–Kier alpha value is -3.76. The molecule has 0 radical (unpaired) electrons. The number of carbonyl (C=O) groups excluding carboxylic acids is 1. The summed E-state index contributed by atoms with van der Waals surface area (Å²) in [5.41, 5.74) is 5.59. The Kier molecular flexibility index (Phi) is 11.0. The Morgan fingerprint density at radius 1 is 1.00 bits per heavy atom. The van der Waals surface area contributed by atoms with E-state index in [4.69, 9.17) is 24.3 Å². The second-order valence-electron chi connectivity index (χ2n) is 13.7. The fraction of sp³-hybridized carbons (Fsp3) is 0.410. The van der Waals surface area contributed by atoms with Gasteiger partial charge in [-0.3, -0.25) is 0 Å². The van der Waals surface area contributed by atoms with Gasteiger partial charge in [-0.15, -0.1) is 5.10 Å². The quantitative estimate of drug-likeness (QED) is 0.120. The molecule has 1 atom stereocenters. The summed E-state index contributed by atoms with van der Waals surface area (Å²) >= 11 is 5.35. The van der Waals surface area contributed by atoms with Crippen LogP contribution in [0.1, 0.15) is 95.0 Å². The number of anilines is 1. The van der Waals surface area contributed by atoms with Crippen LogP contribution in [0.3, 0.4) is 0 Å². The van der Waals surface area contributed by atoms with Crippen LogP contribution in [0.15, 0.2) is 87.6 Å². The van der Waals surface area contributed by atoms with Crippen molar-refractivity contribution in [3.8, 4) is 11.5 Å². The number of carbonyl (C=O) groups is 1. The molecule has 1 unspecified atom stereocenters. The predicted molar refractivity (Wildman–Crippen MR) is 198 cm³/mol. The maximum Gasteiger partial charge on any atom is 0.338 e. The highest BCUT2D eigenvalue weighted by Gasteiger charge is 2.37. The van der Waals surface area contributed by atoms with Crippen molar-refractivity contribution in [3.05, 3.63) is 105 Å². The van der Waals surface area contributed by atoms with Gasteiger partial charge in [0, 0.05) is 11.4 Å². The van der Waals surface area contributed by atoms with Crippen LogP contribution in [-0.2, 0) is 27.3 Å². The Balaban J connectivity index is 1.33. The number of hydrogen-bond acceptors (Lipinski definition) is 8. The molecule has 3 aromatic carbocycles. The fourth-order valence-electron chi connectivity index (χ4n) is 6.29. The Labute approximate surface area is 302 Å². The Bertz CT molecular complexity index is 1790. The molecule has 1 fully saturated rings. The van der Waals surface area contributed by atoms with E-state index in [2.05, 4.69) is 78.4 Å². The third-order valence-corrected chi connectivity index (χ3v) is 10.4. The van der Waals surface area contributed by atoms with Gasteiger partial charge < -0.3 is 19.5 Å². The summed E-state index contributed by atoms with van der Waals surface area (Å²) in [6.07, 6.45) is 5.00. The molecular weight excluding hydrogens is 700 g/mol. The summed E-state index contributed by atoms with van der Waals surface area (Å²) in [6, 6.07) is 22.1. The number of benzene rings is 3. The van der Waals surface area contributed by atoms with Crippen LogP contribution >= 0.6 is 27.7 Å². The number of nitrogens with one attached hydrogen (secondary N) is 1. The van der Waals surface area contributed by atoms with Gasteiger partial charge in [-0.25, -0.2) is 9.48 Å². The lowest BCUT2D eigenvalue weighted by atomic mass is 9.87. The predicted octanol–water partition coefficient (Wildman–Crippen LogP) is 9.77. The molecule has 6 rings (SSSR count). The Morgan fingerprint density at radius 2 is 1.73 bits per heavy atom. The van der Waals surface area contributed by atoms with Gasteiger partial charge in [0.1, 0.15) is 18.8 Å². The first-order valence-corrected chi connectivity index (χ1v) is 18.9. The van der Waals surface area contributed by atoms with Crippen molar-refractivity contribution in [3.63, 3.8) is 0 Å². The zero-order valence-electron chi connectivity index (χ0n) is 28.9. The molecule has 4 aromatic rings. The van der Waals surface area contributed by atoms with Crippen LogP contribution < -0.4 is 14.8 Å². The van der Waals surface area contributed by atoms with E-state index in [1.807, 2.05) is 44.2 Å². The monoisotopic (exact) mass is 744 g/mol. The summed E-state index contributed by atoms with van der Waals surface area (Å²) in [4.78, 5) is 18.9. The minimum atomic E-state index is -0.597. The molecule has 1 saturated carbocycles. The molecule has 1 aliphatic carbocycles. The van der Waals surface area contributed by atoms with Gasteiger partial charge in [0.05, 0.1) is 16.7 Å². The van der Waals surface area contributed by atoms with Crippen molar-refractivity contribution in [1.82, 2.24) is 14.8 Å². The second-order valence-corrected chi connectivity index (χ2v) is 15.5. The normalized spacial score (nSPS) is 16.6. The van der Waals surface area contributed by atoms with Crippen molar-refractivity contribution in [2.45, 2.75) is 102 Å². The zero-order chi connectivity index (χ0) is 34.5. The first kappa shape index (κ1) is 35.1. The summed E-state index contributed by atoms with van der Waals surface area (Å²) < 4.78 is 21.2. The van der Waals surface area contributed by atoms with Gasteiger partial charge in [0.2, 0.25) is 11.1 Å². The molecular formula is C39H45BrN4O4S. The lowest BCUT2D eigenvalue weighted by molar-refractivity contribution is -0.146. The van der Waals surface area contributed by atoms with Crippen LogP contribution in [-0.4, -0.2) is 33.4 Å². The van der Waals surface area contributed by atoms with Gasteiger partial charge in [0.25, 0.3) is 0 Å². The average Bonchev–Trinajstić information content (AvgIpc) is 3.49. The number of hydrogen-bond donors (Lipinski definition) is 1. The van der Waals surface area contributed by atoms with Crippen molar-refractivity contribution < 1.29 is 19.0 Å². The molecule has 2 heterocycles. The second kappa shape index (κ2) is 15.4. The maximum atomic E-state index is 14.0. The summed E-state index contributed by atoms with van der Waals surface area (Å²) in [6.45, 7) is 11.3. The van der Waals surface area contributed by atoms with Crippen molar-refractivity contribution in [2.75, 3.05) is 11.9 Å². The zero-order valence-corrected chi connectivity index (χ0v) is 31.3. The molecule has 0 amide bonds. The molecule has 1 aliphatic heterocycles. The molecule has 1 N–H and O–H groups in total. The van der Waals surface area contributed by atoms with E-state index in [0.717, 1.165) is 47.0 Å². The van der Waals surface area contributed by atoms with E-state index < -0.39 is 6.04 Å². The molecule has 2 aliphatic rings. The highest BCUT2D eigenvalue weighted by molar-refractivity contribution is 9.10. The first-order chi connectivity index (χ1) is 23.6. The number of rotatable bonds is 11. The molecule has 1 aromatic heterocycles. The average molecular weight is 746 g/mol. The summed E-state index contributed by atoms with van der Waals surface area (Å²) in [5, 5.41) is 8.91. The van der Waals surface area contributed by atoms with Crippen molar-refractivity contribution in [2.24, 2.45) is 0 Å². The first-order valence-electron chi connectivity index (χ1n) is 17.1. The van der Waals surface area contributed by atoms with E-state index in [0.29, 0.717) is 47.1 Å². The topological polar surface area (TPSA) is 87.5 Å². The summed E-state index contributed by atoms with van der Waals surface area (Å²) in [5.74, 6) is 2.14. The number of fused-ring (bicyclic) bond motifs is 1. The minimum Gasteiger partial charge on any atom is -0.490 e. The van der Waals surface area contributed by atoms with E-state index >= 15 is 0 Å². The molecule has 0 bridgehead atoms. The third kappa shape index (κ3) is 8.35. The SMILES string of the molecule is CCOc1cc(C2C(C(=O)OC3CCCCC3)=C(C)Nc3nc(SCc4ccccc4)nn32)cc(Br)c1OCc1ccc(C(C)(C)C)cc1. The number of halogens is 1. The number of ether oxygens (including phenoxy) is 3. The van der Waals surface area contributed by atoms with Crippen molar-refractivity contribution in [1.29, 1.82) is 0 Å². The highest BCUT2D eigenvalue weighted by Crippen LogP contribution is 2.44. The van der Waals surface area contributed by atoms with E-state index in [1.165, 1.54) is 17.5 Å². The molecule has 0 saturated heterocycles. The smallest absolute Gasteiger partial charge is 0.338 e. The molecule has 8 nitrogen and oxygen atoms in total. The van der Waals surface area contributed by atoms with Crippen LogP contribution in [0.25, 0.3) is 0 Å². The lowest BCUT2D eigenvalue weighted by Crippen LogP contribution is -2.32. The summed E-state index contributed by atoms with van der Waals surface area (Å²) in [7, 11) is 0. The van der Waals surface area contributed by atoms with E-state index in [9.17, 15) is 4.79 Å². The molecule has 258 valence electrons. The van der Waals surface area contributed by atoms with Crippen molar-refractivity contribution >= 4 is 39.6 Å². The van der Waals surface area contributed by atoms with Crippen LogP contribution in [0, 0.1) is 0 Å². The fourth-order valence-corrected chi connectivity index (χ4v) is 7.65. The van der Waals surface area contributed by atoms with E-state index in [-0.39, 0.29) is 17.5 Å². The van der Waals surface area contributed by atoms with Crippen LogP contribution in [0.4, 0.5) is 5.95 Å². The van der Waals surface area contributed by atoms with Crippen LogP contribution in [0.5, 0.6) is 11.5 Å². The number of nitrogens with zero attached hydrogens (tertiary/aromatic N) is 3. The number of thioether (sulfide) groups is 1. The largest absolute Gasteiger partial charge is 0.490 e. The third-order valence-electron chi connectivity index (χ3n) is 8.94. The standard InChI is InChI=1S/C39H45BrN4O4S/c1-6-46-32-22-28(21-31(40)35(32)47-23-26-17-19-29(20-18-26)39(3,4)5)34-33(36(45)48-30-15-11-8-12-16-30)25(2)41-37-42-38(43-44(34)37)49-24-27-13-9-7-10-14-27/h7,9-10,13-14,17-22,30,34H,6,8,11-12,15-16,23-24H2,1-5H3,(H,41,42,43). The lowest BCUT2D eigenvalue weighted by Gasteiger charge is -2.30. The van der Waals surface area contributed by atoms with Gasteiger partial charge >= 0.3 is 5.97 Å². The number of allylic oxidation sites excluding steroid dienone is 1. The van der Waals surface area contributed by atoms with Crippen LogP contribution in [0.2, 0.25) is 0 Å². The number of aromatic nitrogens is 3. The van der Waals surface area contributed by atoms with Gasteiger partial charge in [0.15, 0.2) is 11.5 Å². The minimum absolute atomic E-state index is 0.0782. The molecule has 49 heavy (non-hydrogen) atoms. The number of esters is 1. The highest BCUT2D eigenvalue weighted by atomic mass is 79.9. The van der Waals surface area contributed by atoms with Gasteiger partial charge in [-0.05, 0) is 95.3 Å². The van der Waals surface area contributed by atoms with Gasteiger partial charge in [-0.1, -0.05) is 93.6 Å².